The Morgan fingerprint density at radius 2 is 2.08 bits per heavy atom. The molecule has 0 aliphatic heterocycles. The first kappa shape index (κ1) is 10.6. The van der Waals surface area contributed by atoms with Crippen molar-refractivity contribution < 1.29 is 0 Å². The summed E-state index contributed by atoms with van der Waals surface area (Å²) in [7, 11) is 4.18. The van der Waals surface area contributed by atoms with Crippen molar-refractivity contribution in [3.8, 4) is 0 Å². The minimum atomic E-state index is -0.654. The van der Waals surface area contributed by atoms with Gasteiger partial charge in [0.2, 0.25) is 0 Å². The number of hydrogen-bond acceptors (Lipinski definition) is 1. The van der Waals surface area contributed by atoms with Crippen molar-refractivity contribution in [3.05, 3.63) is 34.4 Å². The third kappa shape index (κ3) is 3.06. The van der Waals surface area contributed by atoms with Gasteiger partial charge in [-0.05, 0) is 12.0 Å². The van der Waals surface area contributed by atoms with E-state index in [1.54, 1.807) is 4.44 Å². The Balaban J connectivity index is 2.87. The van der Waals surface area contributed by atoms with Gasteiger partial charge in [-0.1, -0.05) is 18.2 Å². The van der Waals surface area contributed by atoms with Crippen LogP contribution in [0.1, 0.15) is 6.42 Å². The number of nitrogens with zero attached hydrogens (tertiary/aromatic N) is 1. The highest BCUT2D eigenvalue weighted by atomic mass is 27.2. The van der Waals surface area contributed by atoms with Crippen LogP contribution in [0.3, 0.4) is 0 Å². The standard InChI is InChI=1S/C9H12N.2CH3.Al/c1-10(2)8-9-6-4-3-5-7-9;;;/h3-5,8H,6H2,1-2H3;2*1H3;. The summed E-state index contributed by atoms with van der Waals surface area (Å²) in [5.41, 5.74) is 1.51. The minimum absolute atomic E-state index is 0.654. The highest BCUT2D eigenvalue weighted by molar-refractivity contribution is 6.65. The van der Waals surface area contributed by atoms with Crippen LogP contribution >= 0.6 is 0 Å². The van der Waals surface area contributed by atoms with E-state index in [4.69, 9.17) is 0 Å². The molecule has 0 N–H and O–H groups in total. The lowest BCUT2D eigenvalue weighted by molar-refractivity contribution is 0.558. The molecule has 1 nitrogen and oxygen atoms in total. The van der Waals surface area contributed by atoms with E-state index in [1.807, 2.05) is 0 Å². The van der Waals surface area contributed by atoms with Gasteiger partial charge >= 0.3 is 0 Å². The fourth-order valence-corrected chi connectivity index (χ4v) is 3.02. The summed E-state index contributed by atoms with van der Waals surface area (Å²) in [6.07, 6.45) is 10.1. The second kappa shape index (κ2) is 4.70. The van der Waals surface area contributed by atoms with Crippen molar-refractivity contribution in [1.29, 1.82) is 0 Å². The first-order valence-electron chi connectivity index (χ1n) is 4.85. The molecule has 1 rings (SSSR count). The van der Waals surface area contributed by atoms with E-state index in [9.17, 15) is 0 Å². The molecule has 0 amide bonds. The van der Waals surface area contributed by atoms with E-state index in [0.717, 1.165) is 6.42 Å². The molecule has 0 saturated heterocycles. The summed E-state index contributed by atoms with van der Waals surface area (Å²) in [6.45, 7) is 0. The average Bonchev–Trinajstić information content (AvgIpc) is 2.03. The van der Waals surface area contributed by atoms with Crippen molar-refractivity contribution in [2.24, 2.45) is 0 Å². The van der Waals surface area contributed by atoms with E-state index in [-0.39, 0.29) is 0 Å². The van der Waals surface area contributed by atoms with Gasteiger partial charge in [-0.25, -0.2) is 0 Å². The second-order valence-electron chi connectivity index (χ2n) is 4.03. The molecule has 0 heterocycles. The maximum atomic E-state index is 2.38. The Kier molecular flexibility index (Phi) is 3.84. The van der Waals surface area contributed by atoms with Crippen LogP contribution in [0.5, 0.6) is 0 Å². The summed E-state index contributed by atoms with van der Waals surface area (Å²) in [5, 5.41) is 0. The second-order valence-corrected chi connectivity index (χ2v) is 6.96. The highest BCUT2D eigenvalue weighted by Gasteiger charge is 2.14. The van der Waals surface area contributed by atoms with Gasteiger partial charge < -0.3 is 4.90 Å². The van der Waals surface area contributed by atoms with Crippen LogP contribution in [0, 0.1) is 0 Å². The minimum Gasteiger partial charge on any atom is -0.383 e. The number of hydrogen-bond donors (Lipinski definition) is 0. The quantitative estimate of drug-likeness (QED) is 0.606. The lowest BCUT2D eigenvalue weighted by Crippen LogP contribution is -2.13. The first-order valence-corrected chi connectivity index (χ1v) is 7.74. The van der Waals surface area contributed by atoms with Crippen LogP contribution in [0.25, 0.3) is 0 Å². The molecule has 2 heteroatoms. The molecule has 0 aromatic carbocycles. The first-order chi connectivity index (χ1) is 6.11. The van der Waals surface area contributed by atoms with Crippen molar-refractivity contribution in [2.75, 3.05) is 14.1 Å². The maximum Gasteiger partial charge on any atom is 0.299 e. The van der Waals surface area contributed by atoms with Gasteiger partial charge in [0.05, 0.1) is 0 Å². The summed E-state index contributed by atoms with van der Waals surface area (Å²) in [6, 6.07) is 0. The van der Waals surface area contributed by atoms with Crippen LogP contribution in [-0.4, -0.2) is 33.1 Å². The molecule has 1 aliphatic carbocycles. The van der Waals surface area contributed by atoms with Crippen molar-refractivity contribution in [1.82, 2.24) is 4.90 Å². The van der Waals surface area contributed by atoms with Crippen molar-refractivity contribution in [2.45, 2.75) is 18.0 Å². The summed E-state index contributed by atoms with van der Waals surface area (Å²) < 4.78 is 1.61. The van der Waals surface area contributed by atoms with E-state index >= 15 is 0 Å². The van der Waals surface area contributed by atoms with Crippen molar-refractivity contribution in [3.63, 3.8) is 0 Å². The molecule has 13 heavy (non-hydrogen) atoms. The molecule has 0 saturated carbocycles. The molecular weight excluding hydrogens is 173 g/mol. The van der Waals surface area contributed by atoms with Crippen molar-refractivity contribution >= 4 is 14.1 Å². The lowest BCUT2D eigenvalue weighted by atomic mass is 10.1. The molecule has 0 radical (unpaired) electrons. The fourth-order valence-electron chi connectivity index (χ4n) is 1.59. The predicted molar refractivity (Wildman–Crippen MR) is 61.1 cm³/mol. The number of allylic oxidation sites excluding steroid dienone is 5. The predicted octanol–water partition coefficient (Wildman–Crippen LogP) is 2.61. The van der Waals surface area contributed by atoms with Crippen LogP contribution in [-0.2, 0) is 0 Å². The average molecular weight is 191 g/mol. The zero-order valence-electron chi connectivity index (χ0n) is 9.04. The Bertz CT molecular complexity index is 259. The molecule has 0 aromatic heterocycles. The molecule has 1 aliphatic rings. The maximum absolute atomic E-state index is 2.38. The van der Waals surface area contributed by atoms with Gasteiger partial charge in [-0.2, -0.15) is 0 Å². The van der Waals surface area contributed by atoms with E-state index in [1.165, 1.54) is 5.57 Å². The smallest absolute Gasteiger partial charge is 0.299 e. The Labute approximate surface area is 85.8 Å². The summed E-state index contributed by atoms with van der Waals surface area (Å²) in [5.74, 6) is 4.77. The zero-order chi connectivity index (χ0) is 9.84. The van der Waals surface area contributed by atoms with Gasteiger partial charge in [0.15, 0.2) is 0 Å². The van der Waals surface area contributed by atoms with Crippen LogP contribution in [0.4, 0.5) is 0 Å². The van der Waals surface area contributed by atoms with Gasteiger partial charge in [0.1, 0.15) is 0 Å². The van der Waals surface area contributed by atoms with E-state index in [2.05, 4.69) is 55.0 Å². The SMILES string of the molecule is CN(C)C=C1CC=CC=[C]1[Al]([CH3])[CH3]. The summed E-state index contributed by atoms with van der Waals surface area (Å²) >= 11 is -0.654. The van der Waals surface area contributed by atoms with Gasteiger partial charge in [-0.15, -0.1) is 16.0 Å². The molecule has 0 spiro atoms. The fraction of sp³-hybridized carbons (Fsp3) is 0.455. The van der Waals surface area contributed by atoms with Gasteiger partial charge in [0, 0.05) is 20.3 Å². The Morgan fingerprint density at radius 1 is 1.38 bits per heavy atom. The Morgan fingerprint density at radius 3 is 2.62 bits per heavy atom. The third-order valence-electron chi connectivity index (χ3n) is 2.16. The third-order valence-corrected chi connectivity index (χ3v) is 3.96. The molecule has 0 unspecified atom stereocenters. The lowest BCUT2D eigenvalue weighted by Gasteiger charge is -2.17. The van der Waals surface area contributed by atoms with Crippen LogP contribution < -0.4 is 0 Å². The largest absolute Gasteiger partial charge is 0.383 e. The summed E-state index contributed by atoms with van der Waals surface area (Å²) in [4.78, 5) is 2.14. The Hall–Kier alpha value is -0.448. The topological polar surface area (TPSA) is 3.24 Å². The molecule has 0 bridgehead atoms. The van der Waals surface area contributed by atoms with E-state index in [0.29, 0.717) is 0 Å². The van der Waals surface area contributed by atoms with Crippen LogP contribution in [0.2, 0.25) is 11.6 Å². The molecule has 0 fully saturated rings. The normalized spacial score (nSPS) is 18.8. The molecule has 70 valence electrons. The van der Waals surface area contributed by atoms with Crippen LogP contribution in [0.15, 0.2) is 34.4 Å². The number of rotatable bonds is 2. The van der Waals surface area contributed by atoms with E-state index < -0.39 is 14.1 Å². The molecule has 0 aromatic rings. The van der Waals surface area contributed by atoms with Gasteiger partial charge in [-0.3, -0.25) is 0 Å². The zero-order valence-corrected chi connectivity index (χ0v) is 10.2. The molecule has 0 atom stereocenters. The molecular formula is C11H18AlN. The highest BCUT2D eigenvalue weighted by Crippen LogP contribution is 2.21. The van der Waals surface area contributed by atoms with Gasteiger partial charge in [0.25, 0.3) is 14.1 Å². The monoisotopic (exact) mass is 191 g/mol.